The minimum absolute atomic E-state index is 0.133. The first-order valence-electron chi connectivity index (χ1n) is 12.8. The molecule has 0 aliphatic heterocycles. The van der Waals surface area contributed by atoms with Gasteiger partial charge in [0.25, 0.3) is 11.8 Å². The number of amides is 2. The van der Waals surface area contributed by atoms with Crippen LogP contribution in [0.25, 0.3) is 0 Å². The standard InChI is InChI=1S/C30H30F3N5O3/c1-17-14-24(30(31,32)33)10-11-26(17)41-16-21-6-8-22(9-7-21)28(39)36-27-18(2)37-38(20(27)4)19(3)23-12-13-35-25(15-23)29(40)34-5/h6-15,19H,16H2,1-5H3,(H,34,40)(H,36,39). The summed E-state index contributed by atoms with van der Waals surface area (Å²) in [6.45, 7) is 7.30. The molecule has 2 heterocycles. The molecule has 0 aliphatic rings. The Morgan fingerprint density at radius 1 is 1.00 bits per heavy atom. The molecule has 0 bridgehead atoms. The number of carbonyl (C=O) groups excluding carboxylic acids is 2. The van der Waals surface area contributed by atoms with Crippen LogP contribution >= 0.6 is 0 Å². The molecular formula is C30H30F3N5O3. The van der Waals surface area contributed by atoms with Crippen molar-refractivity contribution in [1.82, 2.24) is 20.1 Å². The van der Waals surface area contributed by atoms with Crippen LogP contribution in [0.2, 0.25) is 0 Å². The second-order valence-electron chi connectivity index (χ2n) is 9.64. The van der Waals surface area contributed by atoms with Crippen molar-refractivity contribution in [2.75, 3.05) is 12.4 Å². The highest BCUT2D eigenvalue weighted by Gasteiger charge is 2.30. The number of pyridine rings is 1. The molecule has 0 fully saturated rings. The quantitative estimate of drug-likeness (QED) is 0.272. The molecule has 1 atom stereocenters. The lowest BCUT2D eigenvalue weighted by Gasteiger charge is -2.16. The number of aromatic nitrogens is 3. The molecule has 214 valence electrons. The number of carbonyl (C=O) groups is 2. The highest BCUT2D eigenvalue weighted by atomic mass is 19.4. The zero-order valence-corrected chi connectivity index (χ0v) is 23.3. The Labute approximate surface area is 235 Å². The van der Waals surface area contributed by atoms with Crippen molar-refractivity contribution in [3.63, 3.8) is 0 Å². The van der Waals surface area contributed by atoms with E-state index in [0.29, 0.717) is 34.0 Å². The Balaban J connectivity index is 1.43. The lowest BCUT2D eigenvalue weighted by molar-refractivity contribution is -0.137. The van der Waals surface area contributed by atoms with Crippen LogP contribution in [-0.4, -0.2) is 33.6 Å². The first kappa shape index (κ1) is 29.3. The monoisotopic (exact) mass is 565 g/mol. The van der Waals surface area contributed by atoms with Gasteiger partial charge in [0.05, 0.1) is 28.7 Å². The van der Waals surface area contributed by atoms with Gasteiger partial charge in [-0.15, -0.1) is 0 Å². The fourth-order valence-corrected chi connectivity index (χ4v) is 4.41. The molecule has 11 heteroatoms. The third-order valence-corrected chi connectivity index (χ3v) is 6.77. The van der Waals surface area contributed by atoms with Crippen molar-refractivity contribution >= 4 is 17.5 Å². The van der Waals surface area contributed by atoms with Crippen LogP contribution in [-0.2, 0) is 12.8 Å². The molecule has 0 saturated carbocycles. The van der Waals surface area contributed by atoms with Gasteiger partial charge in [0, 0.05) is 18.8 Å². The molecule has 2 aromatic carbocycles. The van der Waals surface area contributed by atoms with E-state index in [9.17, 15) is 22.8 Å². The van der Waals surface area contributed by atoms with Gasteiger partial charge in [-0.2, -0.15) is 18.3 Å². The zero-order valence-electron chi connectivity index (χ0n) is 23.3. The van der Waals surface area contributed by atoms with Crippen LogP contribution in [0.4, 0.5) is 18.9 Å². The van der Waals surface area contributed by atoms with E-state index < -0.39 is 11.7 Å². The van der Waals surface area contributed by atoms with Gasteiger partial charge in [-0.05, 0) is 86.8 Å². The number of alkyl halides is 3. The molecular weight excluding hydrogens is 535 g/mol. The number of nitrogens with zero attached hydrogens (tertiary/aromatic N) is 3. The number of hydrogen-bond acceptors (Lipinski definition) is 5. The maximum Gasteiger partial charge on any atom is 0.416 e. The highest BCUT2D eigenvalue weighted by molar-refractivity contribution is 6.04. The molecule has 41 heavy (non-hydrogen) atoms. The second kappa shape index (κ2) is 11.8. The molecule has 1 unspecified atom stereocenters. The molecule has 0 radical (unpaired) electrons. The van der Waals surface area contributed by atoms with Gasteiger partial charge in [0.1, 0.15) is 18.1 Å². The zero-order chi connectivity index (χ0) is 29.9. The van der Waals surface area contributed by atoms with E-state index in [4.69, 9.17) is 4.74 Å². The minimum atomic E-state index is -4.41. The molecule has 2 aromatic heterocycles. The van der Waals surface area contributed by atoms with Gasteiger partial charge in [0.15, 0.2) is 0 Å². The number of ether oxygens (including phenoxy) is 1. The van der Waals surface area contributed by atoms with Crippen molar-refractivity contribution in [2.24, 2.45) is 0 Å². The van der Waals surface area contributed by atoms with Crippen LogP contribution in [0.5, 0.6) is 5.75 Å². The number of rotatable bonds is 8. The molecule has 4 aromatic rings. The Hall–Kier alpha value is -4.67. The summed E-state index contributed by atoms with van der Waals surface area (Å²) in [4.78, 5) is 29.2. The summed E-state index contributed by atoms with van der Waals surface area (Å²) >= 11 is 0. The maximum atomic E-state index is 13.0. The molecule has 2 amide bonds. The predicted molar refractivity (Wildman–Crippen MR) is 148 cm³/mol. The van der Waals surface area contributed by atoms with Crippen LogP contribution < -0.4 is 15.4 Å². The van der Waals surface area contributed by atoms with Crippen molar-refractivity contribution in [2.45, 2.75) is 46.5 Å². The molecule has 4 rings (SSSR count). The molecule has 2 N–H and O–H groups in total. The number of hydrogen-bond donors (Lipinski definition) is 2. The molecule has 0 spiro atoms. The normalized spacial score (nSPS) is 12.1. The van der Waals surface area contributed by atoms with Crippen LogP contribution in [0.15, 0.2) is 60.8 Å². The second-order valence-corrected chi connectivity index (χ2v) is 9.64. The average Bonchev–Trinajstić information content (AvgIpc) is 3.23. The fourth-order valence-electron chi connectivity index (χ4n) is 4.41. The average molecular weight is 566 g/mol. The molecule has 0 saturated heterocycles. The van der Waals surface area contributed by atoms with Crippen LogP contribution in [0.3, 0.4) is 0 Å². The van der Waals surface area contributed by atoms with Crippen LogP contribution in [0.1, 0.15) is 67.5 Å². The molecule has 0 aliphatic carbocycles. The Morgan fingerprint density at radius 2 is 1.71 bits per heavy atom. The Morgan fingerprint density at radius 3 is 2.34 bits per heavy atom. The summed E-state index contributed by atoms with van der Waals surface area (Å²) < 4.78 is 46.2. The predicted octanol–water partition coefficient (Wildman–Crippen LogP) is 6.02. The van der Waals surface area contributed by atoms with E-state index in [1.807, 2.05) is 19.9 Å². The van der Waals surface area contributed by atoms with E-state index in [1.54, 1.807) is 62.1 Å². The van der Waals surface area contributed by atoms with Gasteiger partial charge in [-0.25, -0.2) is 0 Å². The number of anilines is 1. The lowest BCUT2D eigenvalue weighted by Crippen LogP contribution is -2.20. The topological polar surface area (TPSA) is 98.1 Å². The van der Waals surface area contributed by atoms with E-state index in [-0.39, 0.29) is 24.5 Å². The summed E-state index contributed by atoms with van der Waals surface area (Å²) in [5, 5.41) is 10.1. The minimum Gasteiger partial charge on any atom is -0.489 e. The number of halogens is 3. The summed E-state index contributed by atoms with van der Waals surface area (Å²) in [6, 6.07) is 13.4. The van der Waals surface area contributed by atoms with Gasteiger partial charge in [0.2, 0.25) is 0 Å². The maximum absolute atomic E-state index is 13.0. The van der Waals surface area contributed by atoms with Crippen molar-refractivity contribution in [3.8, 4) is 5.75 Å². The number of aryl methyl sites for hydroxylation is 2. The van der Waals surface area contributed by atoms with Gasteiger partial charge in [-0.3, -0.25) is 19.3 Å². The molecule has 8 nitrogen and oxygen atoms in total. The first-order valence-corrected chi connectivity index (χ1v) is 12.8. The Bertz CT molecular complexity index is 1580. The van der Waals surface area contributed by atoms with Crippen molar-refractivity contribution < 1.29 is 27.5 Å². The fraction of sp³-hybridized carbons (Fsp3) is 0.267. The first-order chi connectivity index (χ1) is 19.4. The van der Waals surface area contributed by atoms with E-state index in [1.165, 1.54) is 6.07 Å². The van der Waals surface area contributed by atoms with E-state index >= 15 is 0 Å². The summed E-state index contributed by atoms with van der Waals surface area (Å²) in [5.74, 6) is -0.249. The van der Waals surface area contributed by atoms with Crippen molar-refractivity contribution in [3.05, 3.63) is 106 Å². The van der Waals surface area contributed by atoms with Gasteiger partial charge < -0.3 is 15.4 Å². The smallest absolute Gasteiger partial charge is 0.416 e. The van der Waals surface area contributed by atoms with Gasteiger partial charge in [-0.1, -0.05) is 12.1 Å². The van der Waals surface area contributed by atoms with Crippen LogP contribution in [0, 0.1) is 20.8 Å². The SMILES string of the molecule is CNC(=O)c1cc(C(C)n2nc(C)c(NC(=O)c3ccc(COc4ccc(C(F)(F)F)cc4C)cc3)c2C)ccn1. The van der Waals surface area contributed by atoms with Gasteiger partial charge >= 0.3 is 6.18 Å². The summed E-state index contributed by atoms with van der Waals surface area (Å²) in [5.41, 5.74) is 3.95. The number of nitrogens with one attached hydrogen (secondary N) is 2. The summed E-state index contributed by atoms with van der Waals surface area (Å²) in [6.07, 6.45) is -2.84. The van der Waals surface area contributed by atoms with E-state index in [2.05, 4.69) is 20.7 Å². The highest BCUT2D eigenvalue weighted by Crippen LogP contribution is 2.32. The Kier molecular flexibility index (Phi) is 8.46. The third kappa shape index (κ3) is 6.56. The third-order valence-electron chi connectivity index (χ3n) is 6.77. The largest absolute Gasteiger partial charge is 0.489 e. The number of benzene rings is 2. The van der Waals surface area contributed by atoms with E-state index in [0.717, 1.165) is 29.0 Å². The lowest BCUT2D eigenvalue weighted by atomic mass is 10.1. The van der Waals surface area contributed by atoms with Crippen molar-refractivity contribution in [1.29, 1.82) is 0 Å². The summed E-state index contributed by atoms with van der Waals surface area (Å²) in [7, 11) is 1.54.